The number of nitrogens with one attached hydrogen (secondary N) is 2. The van der Waals surface area contributed by atoms with Crippen LogP contribution in [0.25, 0.3) is 0 Å². The van der Waals surface area contributed by atoms with E-state index in [1.165, 1.54) is 12.5 Å². The number of hydrogen-bond donors (Lipinski definition) is 2. The van der Waals surface area contributed by atoms with Crippen molar-refractivity contribution in [2.45, 2.75) is 33.2 Å². The maximum absolute atomic E-state index is 11.7. The van der Waals surface area contributed by atoms with Gasteiger partial charge < -0.3 is 10.6 Å². The van der Waals surface area contributed by atoms with E-state index in [1.807, 2.05) is 24.3 Å². The van der Waals surface area contributed by atoms with E-state index in [1.54, 1.807) is 6.92 Å². The Morgan fingerprint density at radius 2 is 1.82 bits per heavy atom. The van der Waals surface area contributed by atoms with Gasteiger partial charge in [-0.1, -0.05) is 19.1 Å². The standard InChI is InChI=1S/C13H18N2O2/c1-4-11-5-7-12(8-6-11)15-13(17)9(2)14-10(3)16/h5-9H,4H2,1-3H3,(H,14,16)(H,15,17)/t9-/m1/s1. The number of carbonyl (C=O) groups excluding carboxylic acids is 2. The van der Waals surface area contributed by atoms with E-state index >= 15 is 0 Å². The molecule has 0 aliphatic carbocycles. The zero-order valence-electron chi connectivity index (χ0n) is 10.4. The first kappa shape index (κ1) is 13.2. The van der Waals surface area contributed by atoms with Crippen LogP contribution in [0.5, 0.6) is 0 Å². The highest BCUT2D eigenvalue weighted by atomic mass is 16.2. The van der Waals surface area contributed by atoms with Crippen LogP contribution in [0.3, 0.4) is 0 Å². The van der Waals surface area contributed by atoms with E-state index in [0.29, 0.717) is 0 Å². The summed E-state index contributed by atoms with van der Waals surface area (Å²) in [6.45, 7) is 5.11. The topological polar surface area (TPSA) is 58.2 Å². The van der Waals surface area contributed by atoms with Gasteiger partial charge in [0, 0.05) is 12.6 Å². The molecule has 0 spiro atoms. The second kappa shape index (κ2) is 6.03. The fourth-order valence-corrected chi connectivity index (χ4v) is 1.44. The third-order valence-electron chi connectivity index (χ3n) is 2.44. The first-order valence-corrected chi connectivity index (χ1v) is 5.69. The van der Waals surface area contributed by atoms with Crippen molar-refractivity contribution in [3.05, 3.63) is 29.8 Å². The Labute approximate surface area is 101 Å². The minimum atomic E-state index is -0.529. The summed E-state index contributed by atoms with van der Waals surface area (Å²) in [7, 11) is 0. The lowest BCUT2D eigenvalue weighted by Gasteiger charge is -2.12. The van der Waals surface area contributed by atoms with Gasteiger partial charge in [-0.25, -0.2) is 0 Å². The molecule has 17 heavy (non-hydrogen) atoms. The number of hydrogen-bond acceptors (Lipinski definition) is 2. The Morgan fingerprint density at radius 3 is 2.29 bits per heavy atom. The minimum absolute atomic E-state index is 0.214. The van der Waals surface area contributed by atoms with Gasteiger partial charge in [0.25, 0.3) is 0 Å². The zero-order valence-corrected chi connectivity index (χ0v) is 10.4. The van der Waals surface area contributed by atoms with Crippen molar-refractivity contribution in [2.75, 3.05) is 5.32 Å². The lowest BCUT2D eigenvalue weighted by Crippen LogP contribution is -2.40. The average Bonchev–Trinajstić information content (AvgIpc) is 2.29. The fourth-order valence-electron chi connectivity index (χ4n) is 1.44. The Hall–Kier alpha value is -1.84. The summed E-state index contributed by atoms with van der Waals surface area (Å²) in [5.41, 5.74) is 1.96. The highest BCUT2D eigenvalue weighted by molar-refractivity contribution is 5.96. The van der Waals surface area contributed by atoms with E-state index in [4.69, 9.17) is 0 Å². The molecule has 0 aromatic heterocycles. The van der Waals surface area contributed by atoms with Gasteiger partial charge in [-0.2, -0.15) is 0 Å². The molecule has 0 aliphatic heterocycles. The van der Waals surface area contributed by atoms with Gasteiger partial charge in [-0.05, 0) is 31.0 Å². The number of carbonyl (C=O) groups is 2. The number of benzene rings is 1. The molecule has 1 rings (SSSR count). The molecule has 0 fully saturated rings. The van der Waals surface area contributed by atoms with Crippen molar-refractivity contribution in [3.63, 3.8) is 0 Å². The smallest absolute Gasteiger partial charge is 0.246 e. The molecule has 0 saturated heterocycles. The van der Waals surface area contributed by atoms with Gasteiger partial charge in [-0.15, -0.1) is 0 Å². The van der Waals surface area contributed by atoms with Crippen molar-refractivity contribution < 1.29 is 9.59 Å². The predicted molar refractivity (Wildman–Crippen MR) is 67.7 cm³/mol. The van der Waals surface area contributed by atoms with Crippen LogP contribution in [0.2, 0.25) is 0 Å². The summed E-state index contributed by atoms with van der Waals surface area (Å²) < 4.78 is 0. The Balaban J connectivity index is 2.58. The van der Waals surface area contributed by atoms with Gasteiger partial charge in [0.1, 0.15) is 6.04 Å². The molecule has 0 heterocycles. The highest BCUT2D eigenvalue weighted by Crippen LogP contribution is 2.10. The van der Waals surface area contributed by atoms with Crippen LogP contribution in [-0.4, -0.2) is 17.9 Å². The van der Waals surface area contributed by atoms with Crippen LogP contribution in [-0.2, 0) is 16.0 Å². The van der Waals surface area contributed by atoms with Crippen molar-refractivity contribution in [3.8, 4) is 0 Å². The monoisotopic (exact) mass is 234 g/mol. The largest absolute Gasteiger partial charge is 0.345 e. The number of amides is 2. The molecule has 1 atom stereocenters. The number of aryl methyl sites for hydroxylation is 1. The molecule has 0 bridgehead atoms. The van der Waals surface area contributed by atoms with Gasteiger partial charge in [0.05, 0.1) is 0 Å². The van der Waals surface area contributed by atoms with Gasteiger partial charge >= 0.3 is 0 Å². The lowest BCUT2D eigenvalue weighted by molar-refractivity contribution is -0.124. The molecule has 1 aromatic carbocycles. The Kier molecular flexibility index (Phi) is 4.69. The summed E-state index contributed by atoms with van der Waals surface area (Å²) >= 11 is 0. The third kappa shape index (κ3) is 4.26. The molecule has 92 valence electrons. The van der Waals surface area contributed by atoms with E-state index < -0.39 is 6.04 Å². The van der Waals surface area contributed by atoms with Gasteiger partial charge in [0.15, 0.2) is 0 Å². The Bertz CT molecular complexity index is 398. The average molecular weight is 234 g/mol. The van der Waals surface area contributed by atoms with E-state index in [9.17, 15) is 9.59 Å². The lowest BCUT2D eigenvalue weighted by atomic mass is 10.1. The number of anilines is 1. The van der Waals surface area contributed by atoms with Crippen LogP contribution < -0.4 is 10.6 Å². The van der Waals surface area contributed by atoms with Crippen molar-refractivity contribution >= 4 is 17.5 Å². The van der Waals surface area contributed by atoms with E-state index in [2.05, 4.69) is 17.6 Å². The van der Waals surface area contributed by atoms with Crippen LogP contribution in [0.15, 0.2) is 24.3 Å². The van der Waals surface area contributed by atoms with E-state index in [0.717, 1.165) is 12.1 Å². The summed E-state index contributed by atoms with van der Waals surface area (Å²) in [5, 5.41) is 5.28. The molecular formula is C13H18N2O2. The molecule has 4 nitrogen and oxygen atoms in total. The van der Waals surface area contributed by atoms with Gasteiger partial charge in [0.2, 0.25) is 11.8 Å². The molecule has 0 saturated carbocycles. The minimum Gasteiger partial charge on any atom is -0.345 e. The first-order chi connectivity index (χ1) is 8.02. The molecular weight excluding hydrogens is 216 g/mol. The molecule has 4 heteroatoms. The molecule has 0 aliphatic rings. The summed E-state index contributed by atoms with van der Waals surface area (Å²) in [6, 6.07) is 7.13. The first-order valence-electron chi connectivity index (χ1n) is 5.69. The van der Waals surface area contributed by atoms with Crippen molar-refractivity contribution in [2.24, 2.45) is 0 Å². The maximum atomic E-state index is 11.7. The second-order valence-electron chi connectivity index (χ2n) is 3.96. The quantitative estimate of drug-likeness (QED) is 0.833. The summed E-state index contributed by atoms with van der Waals surface area (Å²) in [5.74, 6) is -0.432. The van der Waals surface area contributed by atoms with Crippen LogP contribution in [0.1, 0.15) is 26.3 Å². The third-order valence-corrected chi connectivity index (χ3v) is 2.44. The molecule has 2 N–H and O–H groups in total. The fraction of sp³-hybridized carbons (Fsp3) is 0.385. The van der Waals surface area contributed by atoms with Crippen molar-refractivity contribution in [1.29, 1.82) is 0 Å². The van der Waals surface area contributed by atoms with E-state index in [-0.39, 0.29) is 11.8 Å². The van der Waals surface area contributed by atoms with Crippen LogP contribution in [0.4, 0.5) is 5.69 Å². The molecule has 0 radical (unpaired) electrons. The number of rotatable bonds is 4. The van der Waals surface area contributed by atoms with Crippen LogP contribution >= 0.6 is 0 Å². The highest BCUT2D eigenvalue weighted by Gasteiger charge is 2.13. The molecule has 1 aromatic rings. The van der Waals surface area contributed by atoms with Crippen molar-refractivity contribution in [1.82, 2.24) is 5.32 Å². The van der Waals surface area contributed by atoms with Crippen LogP contribution in [0, 0.1) is 0 Å². The second-order valence-corrected chi connectivity index (χ2v) is 3.96. The maximum Gasteiger partial charge on any atom is 0.246 e. The SMILES string of the molecule is CCc1ccc(NC(=O)[C@@H](C)NC(C)=O)cc1. The molecule has 2 amide bonds. The summed E-state index contributed by atoms with van der Waals surface area (Å²) in [4.78, 5) is 22.5. The molecule has 0 unspecified atom stereocenters. The van der Waals surface area contributed by atoms with Gasteiger partial charge in [-0.3, -0.25) is 9.59 Å². The summed E-state index contributed by atoms with van der Waals surface area (Å²) in [6.07, 6.45) is 0.969. The normalized spacial score (nSPS) is 11.7. The Morgan fingerprint density at radius 1 is 1.24 bits per heavy atom. The predicted octanol–water partition coefficient (Wildman–Crippen LogP) is 1.71. The zero-order chi connectivity index (χ0) is 12.8.